The van der Waals surface area contributed by atoms with Gasteiger partial charge in [-0.05, 0) is 52.0 Å². The van der Waals surface area contributed by atoms with Crippen LogP contribution in [0.4, 0.5) is 4.39 Å². The molecule has 9 heteroatoms. The second kappa shape index (κ2) is 6.84. The summed E-state index contributed by atoms with van der Waals surface area (Å²) < 4.78 is 60.9. The third-order valence-electron chi connectivity index (χ3n) is 4.63. The minimum absolute atomic E-state index is 0.309. The van der Waals surface area contributed by atoms with Crippen LogP contribution in [-0.2, 0) is 38.9 Å². The summed E-state index contributed by atoms with van der Waals surface area (Å²) in [6, 6.07) is 5.30. The van der Waals surface area contributed by atoms with Crippen LogP contribution in [0.2, 0.25) is 0 Å². The van der Waals surface area contributed by atoms with Gasteiger partial charge in [-0.1, -0.05) is 0 Å². The van der Waals surface area contributed by atoms with Crippen molar-refractivity contribution in [1.29, 1.82) is 0 Å². The topological polar surface area (TPSA) is 72.5 Å². The molecule has 0 amide bonds. The molecule has 6 atom stereocenters. The van der Waals surface area contributed by atoms with Crippen LogP contribution in [0.3, 0.4) is 0 Å². The average molecular weight is 402 g/mol. The standard InChI is InChI=1S/C18H23FO7S/c1-17(2)21-9-12(23-17)13-14(15-16(22-13)25-18(3,4)24-15)26-27(20)11-7-5-10(19)6-8-11/h5-8,12-16H,9H2,1-4H3/t12-,13-,14+,15-,16-,27?/m1/s1. The predicted octanol–water partition coefficient (Wildman–Crippen LogP) is 2.26. The van der Waals surface area contributed by atoms with Crippen LogP contribution in [0.1, 0.15) is 27.7 Å². The van der Waals surface area contributed by atoms with Crippen molar-refractivity contribution < 1.29 is 36.5 Å². The summed E-state index contributed by atoms with van der Waals surface area (Å²) in [6.45, 7) is 7.48. The van der Waals surface area contributed by atoms with Crippen LogP contribution >= 0.6 is 0 Å². The minimum atomic E-state index is -1.83. The maximum absolute atomic E-state index is 13.1. The summed E-state index contributed by atoms with van der Waals surface area (Å²) in [5.74, 6) is -2.00. The first-order valence-electron chi connectivity index (χ1n) is 8.81. The minimum Gasteiger partial charge on any atom is -0.348 e. The summed E-state index contributed by atoms with van der Waals surface area (Å²) in [6.07, 6.45) is -2.93. The average Bonchev–Trinajstić information content (AvgIpc) is 3.18. The van der Waals surface area contributed by atoms with E-state index in [0.717, 1.165) is 0 Å². The Labute approximate surface area is 159 Å². The fraction of sp³-hybridized carbons (Fsp3) is 0.667. The quantitative estimate of drug-likeness (QED) is 0.765. The molecule has 150 valence electrons. The molecule has 0 radical (unpaired) electrons. The Bertz CT molecular complexity index is 723. The molecule has 27 heavy (non-hydrogen) atoms. The van der Waals surface area contributed by atoms with Gasteiger partial charge in [-0.25, -0.2) is 8.60 Å². The molecule has 7 nitrogen and oxygen atoms in total. The summed E-state index contributed by atoms with van der Waals surface area (Å²) in [7, 11) is 0. The predicted molar refractivity (Wildman–Crippen MR) is 91.3 cm³/mol. The number of fused-ring (bicyclic) bond motifs is 1. The van der Waals surface area contributed by atoms with Crippen LogP contribution in [-0.4, -0.2) is 53.1 Å². The van der Waals surface area contributed by atoms with Crippen LogP contribution in [0.5, 0.6) is 0 Å². The van der Waals surface area contributed by atoms with Gasteiger partial charge in [0.1, 0.15) is 30.2 Å². The molecule has 0 spiro atoms. The Morgan fingerprint density at radius 3 is 2.37 bits per heavy atom. The Morgan fingerprint density at radius 1 is 1.04 bits per heavy atom. The molecule has 3 aliphatic rings. The molecule has 1 aromatic carbocycles. The van der Waals surface area contributed by atoms with Gasteiger partial charge in [0.05, 0.1) is 11.5 Å². The lowest BCUT2D eigenvalue weighted by Crippen LogP contribution is -2.44. The monoisotopic (exact) mass is 402 g/mol. The number of hydrogen-bond acceptors (Lipinski definition) is 7. The number of hydrogen-bond donors (Lipinski definition) is 0. The molecular formula is C18H23FO7S. The van der Waals surface area contributed by atoms with Crippen LogP contribution in [0.15, 0.2) is 29.2 Å². The van der Waals surface area contributed by atoms with Gasteiger partial charge in [0.15, 0.2) is 28.9 Å². The molecular weight excluding hydrogens is 379 g/mol. The SMILES string of the molecule is CC1(C)O[C@H]2O[C@H]([C@H]3COC(C)(C)O3)[C@H](OS(=O)c3ccc(F)cc3)[C@H]2O1. The van der Waals surface area contributed by atoms with E-state index in [1.807, 2.05) is 13.8 Å². The van der Waals surface area contributed by atoms with Crippen molar-refractivity contribution in [3.8, 4) is 0 Å². The first-order valence-corrected chi connectivity index (χ1v) is 9.88. The zero-order chi connectivity index (χ0) is 19.4. The van der Waals surface area contributed by atoms with E-state index >= 15 is 0 Å². The zero-order valence-corrected chi connectivity index (χ0v) is 16.4. The van der Waals surface area contributed by atoms with Gasteiger partial charge in [-0.15, -0.1) is 0 Å². The van der Waals surface area contributed by atoms with Crippen LogP contribution < -0.4 is 0 Å². The smallest absolute Gasteiger partial charge is 0.190 e. The first kappa shape index (κ1) is 19.4. The molecule has 3 fully saturated rings. The highest BCUT2D eigenvalue weighted by Crippen LogP contribution is 2.42. The van der Waals surface area contributed by atoms with Crippen LogP contribution in [0.25, 0.3) is 0 Å². The summed E-state index contributed by atoms with van der Waals surface area (Å²) >= 11 is -1.83. The largest absolute Gasteiger partial charge is 0.348 e. The number of rotatable bonds is 4. The van der Waals surface area contributed by atoms with Crippen molar-refractivity contribution in [3.05, 3.63) is 30.1 Å². The zero-order valence-electron chi connectivity index (χ0n) is 15.5. The lowest BCUT2D eigenvalue weighted by molar-refractivity contribution is -0.230. The fourth-order valence-corrected chi connectivity index (χ4v) is 4.38. The molecule has 0 aromatic heterocycles. The van der Waals surface area contributed by atoms with Gasteiger partial charge in [0.25, 0.3) is 0 Å². The Morgan fingerprint density at radius 2 is 1.74 bits per heavy atom. The van der Waals surface area contributed by atoms with E-state index < -0.39 is 59.2 Å². The van der Waals surface area contributed by atoms with Crippen molar-refractivity contribution in [1.82, 2.24) is 0 Å². The fourth-order valence-electron chi connectivity index (χ4n) is 3.49. The lowest BCUT2D eigenvalue weighted by Gasteiger charge is -2.28. The van der Waals surface area contributed by atoms with Crippen LogP contribution in [0, 0.1) is 5.82 Å². The number of ether oxygens (including phenoxy) is 5. The van der Waals surface area contributed by atoms with Gasteiger partial charge in [-0.3, -0.25) is 4.18 Å². The summed E-state index contributed by atoms with van der Waals surface area (Å²) in [5.41, 5.74) is 0. The van der Waals surface area contributed by atoms with Crippen molar-refractivity contribution in [2.45, 2.75) is 74.9 Å². The van der Waals surface area contributed by atoms with Gasteiger partial charge < -0.3 is 23.7 Å². The third-order valence-corrected chi connectivity index (χ3v) is 5.68. The molecule has 0 aliphatic carbocycles. The highest BCUT2D eigenvalue weighted by Gasteiger charge is 2.59. The van der Waals surface area contributed by atoms with E-state index in [9.17, 15) is 8.60 Å². The summed E-state index contributed by atoms with van der Waals surface area (Å²) in [5, 5.41) is 0. The third kappa shape index (κ3) is 3.95. The molecule has 0 saturated carbocycles. The molecule has 3 heterocycles. The van der Waals surface area contributed by atoms with Crippen molar-refractivity contribution in [2.75, 3.05) is 6.61 Å². The molecule has 3 aliphatic heterocycles. The normalized spacial score (nSPS) is 38.0. The molecule has 1 unspecified atom stereocenters. The van der Waals surface area contributed by atoms with E-state index in [1.165, 1.54) is 24.3 Å². The molecule has 1 aromatic rings. The molecule has 3 saturated heterocycles. The maximum atomic E-state index is 13.1. The lowest BCUT2D eigenvalue weighted by atomic mass is 10.1. The van der Waals surface area contributed by atoms with E-state index in [2.05, 4.69) is 0 Å². The second-order valence-electron chi connectivity index (χ2n) is 7.69. The van der Waals surface area contributed by atoms with Gasteiger partial charge in [-0.2, -0.15) is 0 Å². The molecule has 4 rings (SSSR count). The van der Waals surface area contributed by atoms with E-state index in [-0.39, 0.29) is 0 Å². The maximum Gasteiger partial charge on any atom is 0.190 e. The highest BCUT2D eigenvalue weighted by molar-refractivity contribution is 7.80. The van der Waals surface area contributed by atoms with E-state index in [4.69, 9.17) is 27.9 Å². The van der Waals surface area contributed by atoms with Crippen molar-refractivity contribution in [2.24, 2.45) is 0 Å². The highest BCUT2D eigenvalue weighted by atomic mass is 32.2. The number of benzene rings is 1. The van der Waals surface area contributed by atoms with Crippen molar-refractivity contribution >= 4 is 11.1 Å². The van der Waals surface area contributed by atoms with Gasteiger partial charge in [0.2, 0.25) is 0 Å². The Hall–Kier alpha value is -0.940. The van der Waals surface area contributed by atoms with Crippen molar-refractivity contribution in [3.63, 3.8) is 0 Å². The molecule has 0 N–H and O–H groups in total. The Balaban J connectivity index is 1.55. The van der Waals surface area contributed by atoms with E-state index in [1.54, 1.807) is 13.8 Å². The number of halogens is 1. The second-order valence-corrected chi connectivity index (χ2v) is 8.82. The van der Waals surface area contributed by atoms with Gasteiger partial charge >= 0.3 is 0 Å². The van der Waals surface area contributed by atoms with E-state index in [0.29, 0.717) is 11.5 Å². The Kier molecular flexibility index (Phi) is 4.91. The molecule has 0 bridgehead atoms. The van der Waals surface area contributed by atoms with Gasteiger partial charge in [0, 0.05) is 0 Å². The first-order chi connectivity index (χ1) is 12.6. The summed E-state index contributed by atoms with van der Waals surface area (Å²) in [4.78, 5) is 0.348.